The van der Waals surface area contributed by atoms with E-state index in [1.807, 2.05) is 0 Å². The standard InChI is InChI=1S/C18H20N2O6S/c21-19(22)15-7-1-3-9-17(15)25-11-5-13-27-14-6-12-26-18-10-4-2-8-16(18)20(23)24/h1-4,7-10H,5-6,11-14H2. The second-order valence-corrected chi connectivity index (χ2v) is 6.69. The lowest BCUT2D eigenvalue weighted by Crippen LogP contribution is -2.03. The van der Waals surface area contributed by atoms with Gasteiger partial charge in [-0.15, -0.1) is 0 Å². The Labute approximate surface area is 160 Å². The van der Waals surface area contributed by atoms with E-state index in [1.54, 1.807) is 48.2 Å². The molecule has 0 atom stereocenters. The van der Waals surface area contributed by atoms with E-state index in [9.17, 15) is 20.2 Å². The predicted octanol–water partition coefficient (Wildman–Crippen LogP) is 4.47. The van der Waals surface area contributed by atoms with Gasteiger partial charge in [0.25, 0.3) is 0 Å². The summed E-state index contributed by atoms with van der Waals surface area (Å²) < 4.78 is 11.0. The van der Waals surface area contributed by atoms with Crippen molar-refractivity contribution in [1.29, 1.82) is 0 Å². The summed E-state index contributed by atoms with van der Waals surface area (Å²) >= 11 is 1.72. The molecule has 0 aliphatic rings. The number of para-hydroxylation sites is 4. The number of hydrogen-bond acceptors (Lipinski definition) is 7. The number of benzene rings is 2. The van der Waals surface area contributed by atoms with E-state index in [-0.39, 0.29) is 22.9 Å². The van der Waals surface area contributed by atoms with Crippen molar-refractivity contribution >= 4 is 23.1 Å². The first-order chi connectivity index (χ1) is 13.1. The van der Waals surface area contributed by atoms with Gasteiger partial charge in [0.1, 0.15) is 0 Å². The molecule has 0 aromatic heterocycles. The zero-order valence-electron chi connectivity index (χ0n) is 14.6. The summed E-state index contributed by atoms with van der Waals surface area (Å²) in [6.07, 6.45) is 1.53. The molecule has 27 heavy (non-hydrogen) atoms. The molecule has 0 unspecified atom stereocenters. The van der Waals surface area contributed by atoms with Crippen LogP contribution in [0.25, 0.3) is 0 Å². The van der Waals surface area contributed by atoms with Gasteiger partial charge in [0, 0.05) is 12.1 Å². The van der Waals surface area contributed by atoms with Crippen molar-refractivity contribution in [3.63, 3.8) is 0 Å². The van der Waals surface area contributed by atoms with Crippen LogP contribution in [-0.4, -0.2) is 34.6 Å². The highest BCUT2D eigenvalue weighted by Crippen LogP contribution is 2.27. The van der Waals surface area contributed by atoms with Gasteiger partial charge in [-0.2, -0.15) is 11.8 Å². The van der Waals surface area contributed by atoms with Crippen molar-refractivity contribution < 1.29 is 19.3 Å². The SMILES string of the molecule is O=[N+]([O-])c1ccccc1OCCCSCCCOc1ccccc1[N+](=O)[O-]. The minimum Gasteiger partial charge on any atom is -0.487 e. The predicted molar refractivity (Wildman–Crippen MR) is 104 cm³/mol. The number of nitro groups is 2. The number of hydrogen-bond donors (Lipinski definition) is 0. The molecule has 0 heterocycles. The summed E-state index contributed by atoms with van der Waals surface area (Å²) in [7, 11) is 0. The zero-order chi connectivity index (χ0) is 19.5. The average molecular weight is 392 g/mol. The van der Waals surface area contributed by atoms with Gasteiger partial charge < -0.3 is 9.47 Å². The van der Waals surface area contributed by atoms with Gasteiger partial charge in [0.15, 0.2) is 11.5 Å². The maximum Gasteiger partial charge on any atom is 0.310 e. The molecule has 8 nitrogen and oxygen atoms in total. The Morgan fingerprint density at radius 2 is 1.15 bits per heavy atom. The number of ether oxygens (including phenoxy) is 2. The molecule has 0 radical (unpaired) electrons. The molecule has 0 fully saturated rings. The summed E-state index contributed by atoms with van der Waals surface area (Å²) in [4.78, 5) is 20.9. The molecular formula is C18H20N2O6S. The van der Waals surface area contributed by atoms with Crippen molar-refractivity contribution in [3.8, 4) is 11.5 Å². The molecule has 2 rings (SSSR count). The fraction of sp³-hybridized carbons (Fsp3) is 0.333. The number of rotatable bonds is 12. The van der Waals surface area contributed by atoms with Crippen LogP contribution in [0.5, 0.6) is 11.5 Å². The van der Waals surface area contributed by atoms with E-state index in [2.05, 4.69) is 0 Å². The van der Waals surface area contributed by atoms with Crippen molar-refractivity contribution in [3.05, 3.63) is 68.8 Å². The van der Waals surface area contributed by atoms with Gasteiger partial charge in [0.05, 0.1) is 23.1 Å². The molecule has 0 aliphatic heterocycles. The van der Waals surface area contributed by atoms with Crippen LogP contribution in [0.15, 0.2) is 48.5 Å². The molecule has 0 saturated carbocycles. The highest BCUT2D eigenvalue weighted by Gasteiger charge is 2.14. The number of thioether (sulfide) groups is 1. The van der Waals surface area contributed by atoms with Crippen LogP contribution < -0.4 is 9.47 Å². The van der Waals surface area contributed by atoms with Gasteiger partial charge in [-0.1, -0.05) is 24.3 Å². The summed E-state index contributed by atoms with van der Waals surface area (Å²) in [5.41, 5.74) is -0.0605. The smallest absolute Gasteiger partial charge is 0.310 e. The Balaban J connectivity index is 1.57. The first-order valence-corrected chi connectivity index (χ1v) is 9.55. The third-order valence-corrected chi connectivity index (χ3v) is 4.66. The lowest BCUT2D eigenvalue weighted by atomic mass is 10.3. The van der Waals surface area contributed by atoms with Crippen LogP contribution in [0, 0.1) is 20.2 Å². The zero-order valence-corrected chi connectivity index (χ0v) is 15.4. The van der Waals surface area contributed by atoms with Crippen LogP contribution >= 0.6 is 11.8 Å². The molecule has 0 spiro atoms. The third-order valence-electron chi connectivity index (χ3n) is 3.51. The highest BCUT2D eigenvalue weighted by atomic mass is 32.2. The molecule has 2 aromatic rings. The molecule has 0 amide bonds. The minimum atomic E-state index is -0.457. The van der Waals surface area contributed by atoms with Crippen LogP contribution in [0.2, 0.25) is 0 Å². The van der Waals surface area contributed by atoms with Crippen LogP contribution in [0.1, 0.15) is 12.8 Å². The molecular weight excluding hydrogens is 372 g/mol. The summed E-state index contributed by atoms with van der Waals surface area (Å²) in [5.74, 6) is 2.27. The van der Waals surface area contributed by atoms with Crippen molar-refractivity contribution in [2.75, 3.05) is 24.7 Å². The first-order valence-electron chi connectivity index (χ1n) is 8.40. The fourth-order valence-electron chi connectivity index (χ4n) is 2.25. The van der Waals surface area contributed by atoms with E-state index in [1.165, 1.54) is 12.1 Å². The molecule has 0 aliphatic carbocycles. The van der Waals surface area contributed by atoms with Gasteiger partial charge in [-0.3, -0.25) is 20.2 Å². The maximum atomic E-state index is 10.9. The van der Waals surface area contributed by atoms with Crippen LogP contribution in [0.4, 0.5) is 11.4 Å². The first kappa shape index (κ1) is 20.5. The molecule has 0 saturated heterocycles. The second kappa shape index (κ2) is 11.0. The lowest BCUT2D eigenvalue weighted by molar-refractivity contribution is -0.386. The van der Waals surface area contributed by atoms with Crippen LogP contribution in [-0.2, 0) is 0 Å². The average Bonchev–Trinajstić information content (AvgIpc) is 2.67. The van der Waals surface area contributed by atoms with Crippen molar-refractivity contribution in [2.45, 2.75) is 12.8 Å². The molecule has 0 bridgehead atoms. The highest BCUT2D eigenvalue weighted by molar-refractivity contribution is 7.99. The monoisotopic (exact) mass is 392 g/mol. The molecule has 144 valence electrons. The minimum absolute atomic E-state index is 0.0303. The number of nitrogens with zero attached hydrogens (tertiary/aromatic N) is 2. The Morgan fingerprint density at radius 3 is 1.56 bits per heavy atom. The molecule has 9 heteroatoms. The van der Waals surface area contributed by atoms with E-state index >= 15 is 0 Å². The summed E-state index contributed by atoms with van der Waals surface area (Å²) in [6, 6.07) is 12.6. The van der Waals surface area contributed by atoms with Gasteiger partial charge in [-0.05, 0) is 36.5 Å². The topological polar surface area (TPSA) is 105 Å². The molecule has 0 N–H and O–H groups in total. The Morgan fingerprint density at radius 1 is 0.741 bits per heavy atom. The second-order valence-electron chi connectivity index (χ2n) is 5.47. The number of nitro benzene ring substituents is 2. The maximum absolute atomic E-state index is 10.9. The van der Waals surface area contributed by atoms with Crippen LogP contribution in [0.3, 0.4) is 0 Å². The molecule has 2 aromatic carbocycles. The van der Waals surface area contributed by atoms with E-state index < -0.39 is 9.85 Å². The Kier molecular flexibility index (Phi) is 8.37. The Hall–Kier alpha value is -2.81. The van der Waals surface area contributed by atoms with E-state index in [0.29, 0.717) is 13.2 Å². The lowest BCUT2D eigenvalue weighted by Gasteiger charge is -2.07. The third kappa shape index (κ3) is 6.78. The normalized spacial score (nSPS) is 10.4. The van der Waals surface area contributed by atoms with Crippen molar-refractivity contribution in [1.82, 2.24) is 0 Å². The quantitative estimate of drug-likeness (QED) is 0.298. The van der Waals surface area contributed by atoms with Crippen molar-refractivity contribution in [2.24, 2.45) is 0 Å². The van der Waals surface area contributed by atoms with Gasteiger partial charge in [-0.25, -0.2) is 0 Å². The summed E-state index contributed by atoms with van der Waals surface area (Å²) in [5, 5.41) is 21.8. The largest absolute Gasteiger partial charge is 0.487 e. The van der Waals surface area contributed by atoms with Gasteiger partial charge in [0.2, 0.25) is 0 Å². The summed E-state index contributed by atoms with van der Waals surface area (Å²) in [6.45, 7) is 0.815. The van der Waals surface area contributed by atoms with E-state index in [4.69, 9.17) is 9.47 Å². The van der Waals surface area contributed by atoms with Gasteiger partial charge >= 0.3 is 11.4 Å². The van der Waals surface area contributed by atoms with E-state index in [0.717, 1.165) is 24.3 Å². The fourth-order valence-corrected chi connectivity index (χ4v) is 3.10. The Bertz CT molecular complexity index is 708.